The van der Waals surface area contributed by atoms with Crippen molar-refractivity contribution in [1.82, 2.24) is 0 Å². The number of rotatable bonds is 4. The Morgan fingerprint density at radius 3 is 1.36 bits per heavy atom. The first-order chi connectivity index (χ1) is 32.5. The van der Waals surface area contributed by atoms with Crippen LogP contribution in [0.1, 0.15) is 36.1 Å². The summed E-state index contributed by atoms with van der Waals surface area (Å²) in [6.45, 7) is 14.8. The molecule has 2 aliphatic heterocycles. The van der Waals surface area contributed by atoms with Gasteiger partial charge in [-0.05, 0) is 130 Å². The first kappa shape index (κ1) is 40.1. The molecule has 0 amide bonds. The fourth-order valence-electron chi connectivity index (χ4n) is 12.3. The minimum atomic E-state index is -1.93. The molecule has 3 aliphatic rings. The van der Waals surface area contributed by atoms with E-state index in [0.717, 1.165) is 0 Å². The van der Waals surface area contributed by atoms with Crippen LogP contribution >= 0.6 is 0 Å². The first-order valence-corrected chi connectivity index (χ1v) is 29.8. The number of hydrogen-bond acceptors (Lipinski definition) is 2. The van der Waals surface area contributed by atoms with Gasteiger partial charge < -0.3 is 9.80 Å². The van der Waals surface area contributed by atoms with Gasteiger partial charge >= 0.3 is 0 Å². The summed E-state index contributed by atoms with van der Waals surface area (Å²) >= 11 is 0. The van der Waals surface area contributed by atoms with Crippen molar-refractivity contribution in [3.8, 4) is 11.1 Å². The van der Waals surface area contributed by atoms with Crippen molar-refractivity contribution >= 4 is 115 Å². The van der Waals surface area contributed by atoms with Crippen molar-refractivity contribution in [2.24, 2.45) is 0 Å². The topological polar surface area (TPSA) is 6.48 Å². The monoisotopic (exact) mass is 892 g/mol. The molecule has 2 nitrogen and oxygen atoms in total. The number of benzene rings is 10. The minimum Gasteiger partial charge on any atom is -0.311 e. The van der Waals surface area contributed by atoms with Crippen molar-refractivity contribution < 1.29 is 0 Å². The lowest BCUT2D eigenvalue weighted by Gasteiger charge is -2.41. The molecule has 0 bridgehead atoms. The standard InChI is InChI=1S/C63H52N2Si2/c1-63(2)52-37-41(32-35-47(52)48-36-34-43(39-53(48)63)64-54-23-11-15-27-59(54)66(3,4)60-28-16-12-24-55(60)64)31-33-42-38-50-46-21-9-10-22-49(46)58(40-51(50)45-20-8-7-19-44(42)45)65-56-25-13-17-29-61(56)67(5,6)62-30-18-14-26-57(62)65/h7-40H,1-6H3. The molecule has 0 unspecified atom stereocenters. The second-order valence-corrected chi connectivity index (χ2v) is 29.2. The Balaban J connectivity index is 0.904. The highest BCUT2D eigenvalue weighted by Gasteiger charge is 2.41. The van der Waals surface area contributed by atoms with Crippen LogP contribution in [0.25, 0.3) is 55.6 Å². The van der Waals surface area contributed by atoms with Gasteiger partial charge in [0.05, 0.1) is 5.69 Å². The van der Waals surface area contributed by atoms with Crippen molar-refractivity contribution in [3.63, 3.8) is 0 Å². The molecule has 1 aliphatic carbocycles. The second-order valence-electron chi connectivity index (χ2n) is 20.5. The molecule has 10 aromatic carbocycles. The molecule has 0 spiro atoms. The summed E-state index contributed by atoms with van der Waals surface area (Å²) in [5.74, 6) is 0. The van der Waals surface area contributed by atoms with Crippen LogP contribution in [0, 0.1) is 0 Å². The van der Waals surface area contributed by atoms with E-state index >= 15 is 0 Å². The lowest BCUT2D eigenvalue weighted by atomic mass is 9.81. The third-order valence-corrected chi connectivity index (χ3v) is 22.9. The number of para-hydroxylation sites is 4. The van der Waals surface area contributed by atoms with Gasteiger partial charge in [0.1, 0.15) is 16.1 Å². The smallest absolute Gasteiger partial charge is 0.117 e. The number of nitrogens with zero attached hydrogens (tertiary/aromatic N) is 2. The van der Waals surface area contributed by atoms with E-state index in [1.165, 1.54) is 121 Å². The Morgan fingerprint density at radius 1 is 0.358 bits per heavy atom. The van der Waals surface area contributed by atoms with Gasteiger partial charge in [0, 0.05) is 39.2 Å². The molecule has 0 atom stereocenters. The molecular weight excluding hydrogens is 841 g/mol. The van der Waals surface area contributed by atoms with Gasteiger partial charge in [-0.15, -0.1) is 0 Å². The molecule has 4 heteroatoms. The molecule has 0 aromatic heterocycles. The number of anilines is 6. The van der Waals surface area contributed by atoms with Crippen LogP contribution in [0.2, 0.25) is 26.2 Å². The molecule has 0 saturated carbocycles. The predicted octanol–water partition coefficient (Wildman–Crippen LogP) is 14.8. The Morgan fingerprint density at radius 2 is 0.791 bits per heavy atom. The van der Waals surface area contributed by atoms with Crippen LogP contribution < -0.4 is 30.5 Å². The van der Waals surface area contributed by atoms with E-state index in [9.17, 15) is 0 Å². The zero-order valence-electron chi connectivity index (χ0n) is 39.0. The lowest BCUT2D eigenvalue weighted by Crippen LogP contribution is -2.58. The summed E-state index contributed by atoms with van der Waals surface area (Å²) in [4.78, 5) is 5.07. The van der Waals surface area contributed by atoms with Gasteiger partial charge in [0.15, 0.2) is 0 Å². The molecule has 0 N–H and O–H groups in total. The van der Waals surface area contributed by atoms with E-state index in [2.05, 4.69) is 256 Å². The Labute approximate surface area is 396 Å². The Hall–Kier alpha value is -7.25. The van der Waals surface area contributed by atoms with Crippen LogP contribution in [0.4, 0.5) is 34.1 Å². The zero-order chi connectivity index (χ0) is 45.4. The molecule has 0 radical (unpaired) electrons. The van der Waals surface area contributed by atoms with Crippen molar-refractivity contribution in [2.45, 2.75) is 45.5 Å². The average molecular weight is 893 g/mol. The quantitative estimate of drug-likeness (QED) is 0.0987. The molecule has 67 heavy (non-hydrogen) atoms. The van der Waals surface area contributed by atoms with E-state index in [0.29, 0.717) is 0 Å². The van der Waals surface area contributed by atoms with Gasteiger partial charge in [-0.2, -0.15) is 0 Å². The van der Waals surface area contributed by atoms with E-state index < -0.39 is 16.1 Å². The largest absolute Gasteiger partial charge is 0.311 e. The summed E-state index contributed by atoms with van der Waals surface area (Å²) in [5, 5.41) is 13.5. The molecule has 322 valence electrons. The number of fused-ring (bicyclic) bond motifs is 12. The van der Waals surface area contributed by atoms with E-state index in [1.807, 2.05) is 0 Å². The summed E-state index contributed by atoms with van der Waals surface area (Å²) in [6, 6.07) is 73.6. The van der Waals surface area contributed by atoms with Crippen molar-refractivity contribution in [1.29, 1.82) is 0 Å². The van der Waals surface area contributed by atoms with Gasteiger partial charge in [-0.25, -0.2) is 0 Å². The third kappa shape index (κ3) is 5.73. The van der Waals surface area contributed by atoms with E-state index in [-0.39, 0.29) is 5.41 Å². The lowest BCUT2D eigenvalue weighted by molar-refractivity contribution is 0.660. The maximum Gasteiger partial charge on any atom is 0.117 e. The van der Waals surface area contributed by atoms with Gasteiger partial charge in [-0.3, -0.25) is 0 Å². The minimum absolute atomic E-state index is 0.174. The van der Waals surface area contributed by atoms with Gasteiger partial charge in [0.25, 0.3) is 0 Å². The van der Waals surface area contributed by atoms with E-state index in [4.69, 9.17) is 0 Å². The summed E-state index contributed by atoms with van der Waals surface area (Å²) in [6.07, 6.45) is 4.68. The predicted molar refractivity (Wildman–Crippen MR) is 295 cm³/mol. The van der Waals surface area contributed by atoms with E-state index in [1.54, 1.807) is 0 Å². The van der Waals surface area contributed by atoms with Crippen LogP contribution in [0.3, 0.4) is 0 Å². The second kappa shape index (κ2) is 14.4. The number of hydrogen-bond donors (Lipinski definition) is 0. The molecule has 0 saturated heterocycles. The highest BCUT2D eigenvalue weighted by Crippen LogP contribution is 2.52. The molecule has 2 heterocycles. The summed E-state index contributed by atoms with van der Waals surface area (Å²) in [7, 11) is -3.80. The van der Waals surface area contributed by atoms with Crippen LogP contribution in [-0.4, -0.2) is 16.1 Å². The summed E-state index contributed by atoms with van der Waals surface area (Å²) < 4.78 is 0. The maximum absolute atomic E-state index is 2.55. The SMILES string of the molecule is CC1(C)c2cc(C=Cc3cc4c5ccccc5c(N5c6ccccc6[Si](C)(C)c6ccccc65)cc4c4ccccc34)ccc2-c2ccc(N3c4ccccc4[Si](C)(C)c4ccccc43)cc21. The molecule has 0 fully saturated rings. The van der Waals surface area contributed by atoms with Crippen molar-refractivity contribution in [2.75, 3.05) is 9.80 Å². The first-order valence-electron chi connectivity index (χ1n) is 23.8. The Bertz CT molecular complexity index is 3660. The highest BCUT2D eigenvalue weighted by molar-refractivity contribution is 7.03. The van der Waals surface area contributed by atoms with Crippen LogP contribution in [0.5, 0.6) is 0 Å². The zero-order valence-corrected chi connectivity index (χ0v) is 41.0. The fourth-order valence-corrected chi connectivity index (χ4v) is 18.3. The Kier molecular flexibility index (Phi) is 8.60. The van der Waals surface area contributed by atoms with Crippen molar-refractivity contribution in [3.05, 3.63) is 216 Å². The van der Waals surface area contributed by atoms with Crippen LogP contribution in [0.15, 0.2) is 194 Å². The van der Waals surface area contributed by atoms with Gasteiger partial charge in [0.2, 0.25) is 0 Å². The summed E-state index contributed by atoms with van der Waals surface area (Å²) in [5.41, 5.74) is 15.4. The fraction of sp³-hybridized carbons (Fsp3) is 0.111. The molecular formula is C63H52N2Si2. The van der Waals surface area contributed by atoms with Gasteiger partial charge in [-0.1, -0.05) is 198 Å². The van der Waals surface area contributed by atoms with Crippen LogP contribution in [-0.2, 0) is 5.41 Å². The maximum atomic E-state index is 2.55. The highest BCUT2D eigenvalue weighted by atomic mass is 28.3. The molecule has 13 rings (SSSR count). The third-order valence-electron chi connectivity index (χ3n) is 15.8. The average Bonchev–Trinajstić information content (AvgIpc) is 3.58. The normalized spacial score (nSPS) is 15.9. The molecule has 10 aromatic rings.